The predicted molar refractivity (Wildman–Crippen MR) is 116 cm³/mol. The Kier molecular flexibility index (Phi) is 5.08. The van der Waals surface area contributed by atoms with Crippen LogP contribution in [0.1, 0.15) is 26.4 Å². The molecule has 3 aromatic heterocycles. The zero-order chi connectivity index (χ0) is 19.0. The zero-order valence-corrected chi connectivity index (χ0v) is 18.0. The van der Waals surface area contributed by atoms with E-state index in [-0.39, 0.29) is 5.91 Å². The van der Waals surface area contributed by atoms with Gasteiger partial charge in [-0.3, -0.25) is 14.7 Å². The number of fused-ring (bicyclic) bond motifs is 1. The summed E-state index contributed by atoms with van der Waals surface area (Å²) >= 11 is 6.41. The number of aromatic nitrogens is 2. The molecule has 136 valence electrons. The molecule has 4 nitrogen and oxygen atoms in total. The third-order valence-corrected chi connectivity index (χ3v) is 6.97. The lowest BCUT2D eigenvalue weighted by Crippen LogP contribution is -2.29. The van der Waals surface area contributed by atoms with E-state index in [1.807, 2.05) is 24.3 Å². The van der Waals surface area contributed by atoms with E-state index in [9.17, 15) is 4.79 Å². The van der Waals surface area contributed by atoms with Gasteiger partial charge in [0.1, 0.15) is 0 Å². The van der Waals surface area contributed by atoms with Crippen LogP contribution in [0.3, 0.4) is 0 Å². The van der Waals surface area contributed by atoms with Crippen LogP contribution in [0.2, 0.25) is 0 Å². The summed E-state index contributed by atoms with van der Waals surface area (Å²) in [6.07, 6.45) is 3.52. The van der Waals surface area contributed by atoms with E-state index in [0.717, 1.165) is 19.6 Å². The van der Waals surface area contributed by atoms with Gasteiger partial charge >= 0.3 is 0 Å². The van der Waals surface area contributed by atoms with Crippen LogP contribution in [-0.4, -0.2) is 15.9 Å². The summed E-state index contributed by atoms with van der Waals surface area (Å²) in [4.78, 5) is 24.6. The molecule has 3 heterocycles. The van der Waals surface area contributed by atoms with Gasteiger partial charge in [-0.2, -0.15) is 0 Å². The van der Waals surface area contributed by atoms with Crippen molar-refractivity contribution in [1.82, 2.24) is 9.97 Å². The number of carbonyl (C=O) groups is 1. The lowest BCUT2D eigenvalue weighted by Gasteiger charge is -2.19. The standard InChI is InChI=1S/C20H16BrN3OS2/c1-12-8-15-17(9-13(12)2)27-20(23-15)24(11-14-4-3-7-22-10-14)19(25)16-5-6-18(21)26-16/h3-10H,11H2,1-2H3. The maximum absolute atomic E-state index is 13.2. The van der Waals surface area contributed by atoms with Crippen molar-refractivity contribution in [1.29, 1.82) is 0 Å². The van der Waals surface area contributed by atoms with Crippen LogP contribution in [0.25, 0.3) is 10.2 Å². The Bertz CT molecular complexity index is 1080. The number of carbonyl (C=O) groups excluding carboxylic acids is 1. The minimum Gasteiger partial charge on any atom is -0.279 e. The van der Waals surface area contributed by atoms with Gasteiger partial charge in [-0.15, -0.1) is 11.3 Å². The zero-order valence-electron chi connectivity index (χ0n) is 14.8. The SMILES string of the molecule is Cc1cc2nc(N(Cc3cccnc3)C(=O)c3ccc(Br)s3)sc2cc1C. The number of thiophene rings is 1. The fourth-order valence-corrected chi connectivity index (χ4v) is 5.12. The number of aryl methyl sites for hydroxylation is 2. The van der Waals surface area contributed by atoms with Crippen LogP contribution in [0.4, 0.5) is 5.13 Å². The first kappa shape index (κ1) is 18.3. The van der Waals surface area contributed by atoms with Gasteiger partial charge in [-0.1, -0.05) is 17.4 Å². The minimum absolute atomic E-state index is 0.0537. The van der Waals surface area contributed by atoms with Gasteiger partial charge in [-0.05, 0) is 76.8 Å². The first-order valence-corrected chi connectivity index (χ1v) is 10.8. The fourth-order valence-electron chi connectivity index (χ4n) is 2.75. The molecule has 0 atom stereocenters. The quantitative estimate of drug-likeness (QED) is 0.378. The van der Waals surface area contributed by atoms with Crippen LogP contribution < -0.4 is 4.90 Å². The highest BCUT2D eigenvalue weighted by Crippen LogP contribution is 2.33. The molecule has 7 heteroatoms. The lowest BCUT2D eigenvalue weighted by atomic mass is 10.1. The predicted octanol–water partition coefficient (Wildman–Crippen LogP) is 5.98. The largest absolute Gasteiger partial charge is 0.279 e. The van der Waals surface area contributed by atoms with Crippen molar-refractivity contribution in [2.24, 2.45) is 0 Å². The number of thiazole rings is 1. The van der Waals surface area contributed by atoms with Crippen molar-refractivity contribution in [3.05, 3.63) is 74.1 Å². The molecule has 27 heavy (non-hydrogen) atoms. The van der Waals surface area contributed by atoms with Crippen molar-refractivity contribution in [3.63, 3.8) is 0 Å². The average molecular weight is 458 g/mol. The number of rotatable bonds is 4. The Morgan fingerprint density at radius 2 is 1.96 bits per heavy atom. The topological polar surface area (TPSA) is 46.1 Å². The maximum atomic E-state index is 13.2. The molecule has 0 aliphatic rings. The van der Waals surface area contributed by atoms with Crippen molar-refractivity contribution < 1.29 is 4.79 Å². The summed E-state index contributed by atoms with van der Waals surface area (Å²) < 4.78 is 2.02. The number of benzene rings is 1. The first-order chi connectivity index (χ1) is 13.0. The van der Waals surface area contributed by atoms with Gasteiger partial charge in [0.15, 0.2) is 5.13 Å². The summed E-state index contributed by atoms with van der Waals surface area (Å²) in [6, 6.07) is 11.8. The number of hydrogen-bond donors (Lipinski definition) is 0. The molecule has 1 aromatic carbocycles. The molecule has 0 saturated carbocycles. The molecule has 0 spiro atoms. The number of hydrogen-bond acceptors (Lipinski definition) is 5. The van der Waals surface area contributed by atoms with Crippen molar-refractivity contribution in [2.45, 2.75) is 20.4 Å². The molecule has 0 unspecified atom stereocenters. The highest BCUT2D eigenvalue weighted by atomic mass is 79.9. The van der Waals surface area contributed by atoms with Gasteiger partial charge in [0.25, 0.3) is 5.91 Å². The molecular formula is C20H16BrN3OS2. The smallest absolute Gasteiger partial charge is 0.270 e. The monoisotopic (exact) mass is 457 g/mol. The number of amides is 1. The second-order valence-electron chi connectivity index (χ2n) is 6.26. The van der Waals surface area contributed by atoms with Crippen molar-refractivity contribution in [2.75, 3.05) is 4.90 Å². The summed E-state index contributed by atoms with van der Waals surface area (Å²) in [5.74, 6) is -0.0537. The van der Waals surface area contributed by atoms with E-state index < -0.39 is 0 Å². The minimum atomic E-state index is -0.0537. The number of anilines is 1. The van der Waals surface area contributed by atoms with E-state index in [1.165, 1.54) is 22.5 Å². The Balaban J connectivity index is 1.78. The van der Waals surface area contributed by atoms with Gasteiger partial charge < -0.3 is 0 Å². The molecule has 0 bridgehead atoms. The number of nitrogens with zero attached hydrogens (tertiary/aromatic N) is 3. The summed E-state index contributed by atoms with van der Waals surface area (Å²) in [7, 11) is 0. The van der Waals surface area contributed by atoms with Gasteiger partial charge in [0.2, 0.25) is 0 Å². The Labute approximate surface area is 173 Å². The molecule has 4 rings (SSSR count). The molecule has 0 fully saturated rings. The van der Waals surface area contributed by atoms with E-state index in [0.29, 0.717) is 16.6 Å². The van der Waals surface area contributed by atoms with E-state index in [1.54, 1.807) is 28.6 Å². The lowest BCUT2D eigenvalue weighted by molar-refractivity contribution is 0.0989. The molecular weight excluding hydrogens is 442 g/mol. The normalized spacial score (nSPS) is 11.1. The molecule has 0 N–H and O–H groups in total. The third-order valence-electron chi connectivity index (χ3n) is 4.32. The number of pyridine rings is 1. The van der Waals surface area contributed by atoms with Crippen LogP contribution >= 0.6 is 38.6 Å². The Hall–Kier alpha value is -2.09. The van der Waals surface area contributed by atoms with E-state index in [2.05, 4.69) is 46.9 Å². The molecule has 0 radical (unpaired) electrons. The van der Waals surface area contributed by atoms with Crippen molar-refractivity contribution >= 4 is 59.9 Å². The Morgan fingerprint density at radius 3 is 2.67 bits per heavy atom. The maximum Gasteiger partial charge on any atom is 0.270 e. The molecule has 0 aliphatic carbocycles. The molecule has 0 aliphatic heterocycles. The van der Waals surface area contributed by atoms with E-state index >= 15 is 0 Å². The van der Waals surface area contributed by atoms with Crippen LogP contribution in [0, 0.1) is 13.8 Å². The second kappa shape index (κ2) is 7.50. The fraction of sp³-hybridized carbons (Fsp3) is 0.150. The Morgan fingerprint density at radius 1 is 1.15 bits per heavy atom. The molecule has 0 saturated heterocycles. The molecule has 4 aromatic rings. The van der Waals surface area contributed by atoms with Crippen molar-refractivity contribution in [3.8, 4) is 0 Å². The highest BCUT2D eigenvalue weighted by molar-refractivity contribution is 9.11. The molecule has 1 amide bonds. The number of halogens is 1. The van der Waals surface area contributed by atoms with Gasteiger partial charge in [0, 0.05) is 12.4 Å². The third kappa shape index (κ3) is 3.81. The van der Waals surface area contributed by atoms with Gasteiger partial charge in [-0.25, -0.2) is 4.98 Å². The van der Waals surface area contributed by atoms with Crippen LogP contribution in [0.15, 0.2) is 52.6 Å². The van der Waals surface area contributed by atoms with Gasteiger partial charge in [0.05, 0.1) is 25.4 Å². The van der Waals surface area contributed by atoms with E-state index in [4.69, 9.17) is 4.98 Å². The van der Waals surface area contributed by atoms with Crippen LogP contribution in [-0.2, 0) is 6.54 Å². The summed E-state index contributed by atoms with van der Waals surface area (Å²) in [5, 5.41) is 0.702. The highest BCUT2D eigenvalue weighted by Gasteiger charge is 2.23. The summed E-state index contributed by atoms with van der Waals surface area (Å²) in [6.45, 7) is 4.60. The summed E-state index contributed by atoms with van der Waals surface area (Å²) in [5.41, 5.74) is 4.32. The van der Waals surface area contributed by atoms with Crippen LogP contribution in [0.5, 0.6) is 0 Å². The second-order valence-corrected chi connectivity index (χ2v) is 9.73. The average Bonchev–Trinajstić information content (AvgIpc) is 3.26. The first-order valence-electron chi connectivity index (χ1n) is 8.35.